The Morgan fingerprint density at radius 3 is 2.61 bits per heavy atom. The number of morpholine rings is 1. The van der Waals surface area contributed by atoms with E-state index in [-0.39, 0.29) is 11.3 Å². The Kier molecular flexibility index (Phi) is 5.75. The third-order valence-electron chi connectivity index (χ3n) is 5.88. The van der Waals surface area contributed by atoms with Crippen LogP contribution in [0.4, 0.5) is 10.2 Å². The van der Waals surface area contributed by atoms with Crippen LogP contribution in [-0.4, -0.2) is 84.4 Å². The number of aromatic nitrogens is 2. The van der Waals surface area contributed by atoms with E-state index < -0.39 is 5.82 Å². The standard InChI is InChI=1S/C22H26FN5O2S/c1-26-4-6-27(7-5-26)14-16-13-19-20(31-16)22(28-8-10-30-11-9-28)25-21(24-19)17-12-15(29)2-3-18(17)23/h2-3,12-13,29H,4-11,14H2,1H3. The third-order valence-corrected chi connectivity index (χ3v) is 6.99. The predicted octanol–water partition coefficient (Wildman–Crippen LogP) is 2.79. The number of phenols is 1. The van der Waals surface area contributed by atoms with Gasteiger partial charge in [-0.15, -0.1) is 11.3 Å². The number of ether oxygens (including phenoxy) is 1. The molecule has 0 amide bonds. The van der Waals surface area contributed by atoms with Gasteiger partial charge in [-0.2, -0.15) is 0 Å². The van der Waals surface area contributed by atoms with Crippen LogP contribution in [-0.2, 0) is 11.3 Å². The number of benzene rings is 1. The van der Waals surface area contributed by atoms with E-state index in [0.717, 1.165) is 61.8 Å². The van der Waals surface area contributed by atoms with Crippen LogP contribution in [0.5, 0.6) is 5.75 Å². The molecule has 2 saturated heterocycles. The smallest absolute Gasteiger partial charge is 0.165 e. The van der Waals surface area contributed by atoms with E-state index >= 15 is 0 Å². The van der Waals surface area contributed by atoms with E-state index in [1.807, 2.05) is 0 Å². The molecule has 0 atom stereocenters. The number of rotatable bonds is 4. The van der Waals surface area contributed by atoms with Crippen molar-refractivity contribution in [3.8, 4) is 17.1 Å². The molecule has 2 fully saturated rings. The van der Waals surface area contributed by atoms with Crippen LogP contribution in [0, 0.1) is 5.82 Å². The maximum absolute atomic E-state index is 14.5. The van der Waals surface area contributed by atoms with E-state index in [9.17, 15) is 9.50 Å². The Morgan fingerprint density at radius 2 is 1.84 bits per heavy atom. The van der Waals surface area contributed by atoms with Gasteiger partial charge in [0.25, 0.3) is 0 Å². The van der Waals surface area contributed by atoms with Crippen molar-refractivity contribution in [2.75, 3.05) is 64.4 Å². The normalized spacial score (nSPS) is 18.7. The van der Waals surface area contributed by atoms with Gasteiger partial charge in [0.15, 0.2) is 11.6 Å². The van der Waals surface area contributed by atoms with Crippen molar-refractivity contribution in [3.63, 3.8) is 0 Å². The Morgan fingerprint density at radius 1 is 1.06 bits per heavy atom. The molecule has 31 heavy (non-hydrogen) atoms. The van der Waals surface area contributed by atoms with E-state index in [2.05, 4.69) is 27.8 Å². The maximum atomic E-state index is 14.5. The number of likely N-dealkylation sites (N-methyl/N-ethyl adjacent to an activating group) is 1. The lowest BCUT2D eigenvalue weighted by Crippen LogP contribution is -2.43. The van der Waals surface area contributed by atoms with Gasteiger partial charge in [0.05, 0.1) is 29.0 Å². The fourth-order valence-electron chi connectivity index (χ4n) is 4.06. The first-order valence-corrected chi connectivity index (χ1v) is 11.4. The van der Waals surface area contributed by atoms with Crippen LogP contribution in [0.1, 0.15) is 4.88 Å². The van der Waals surface area contributed by atoms with Crippen LogP contribution < -0.4 is 4.90 Å². The second-order valence-corrected chi connectivity index (χ2v) is 9.28. The van der Waals surface area contributed by atoms with E-state index in [1.54, 1.807) is 11.3 Å². The quantitative estimate of drug-likeness (QED) is 0.665. The van der Waals surface area contributed by atoms with E-state index in [1.165, 1.54) is 23.1 Å². The number of aromatic hydroxyl groups is 1. The molecule has 9 heteroatoms. The van der Waals surface area contributed by atoms with Gasteiger partial charge in [0.2, 0.25) is 0 Å². The molecule has 164 valence electrons. The lowest BCUT2D eigenvalue weighted by Gasteiger charge is -2.31. The van der Waals surface area contributed by atoms with Gasteiger partial charge in [0.1, 0.15) is 11.6 Å². The second kappa shape index (κ2) is 8.66. The van der Waals surface area contributed by atoms with Gasteiger partial charge in [0, 0.05) is 50.7 Å². The van der Waals surface area contributed by atoms with Crippen LogP contribution in [0.25, 0.3) is 21.6 Å². The molecular formula is C22H26FN5O2S. The third kappa shape index (κ3) is 4.36. The average molecular weight is 444 g/mol. The van der Waals surface area contributed by atoms with Crippen molar-refractivity contribution >= 4 is 27.4 Å². The molecular weight excluding hydrogens is 417 g/mol. The zero-order valence-corrected chi connectivity index (χ0v) is 18.4. The van der Waals surface area contributed by atoms with Crippen molar-refractivity contribution in [1.82, 2.24) is 19.8 Å². The molecule has 2 aliphatic rings. The van der Waals surface area contributed by atoms with Crippen molar-refractivity contribution in [2.45, 2.75) is 6.54 Å². The number of phenolic OH excluding ortho intramolecular Hbond substituents is 1. The van der Waals surface area contributed by atoms with Gasteiger partial charge < -0.3 is 19.6 Å². The molecule has 4 heterocycles. The van der Waals surface area contributed by atoms with Crippen molar-refractivity contribution in [3.05, 3.63) is 35.0 Å². The largest absolute Gasteiger partial charge is 0.508 e. The summed E-state index contributed by atoms with van der Waals surface area (Å²) in [5.41, 5.74) is 1.03. The molecule has 2 aliphatic heterocycles. The summed E-state index contributed by atoms with van der Waals surface area (Å²) in [6.45, 7) is 7.88. The topological polar surface area (TPSA) is 65.0 Å². The zero-order chi connectivity index (χ0) is 21.4. The zero-order valence-electron chi connectivity index (χ0n) is 17.6. The number of thiophene rings is 1. The summed E-state index contributed by atoms with van der Waals surface area (Å²) >= 11 is 1.72. The van der Waals surface area contributed by atoms with E-state index in [0.29, 0.717) is 19.0 Å². The molecule has 1 aromatic carbocycles. The first-order chi connectivity index (χ1) is 15.1. The van der Waals surface area contributed by atoms with Gasteiger partial charge in [-0.25, -0.2) is 14.4 Å². The van der Waals surface area contributed by atoms with E-state index in [4.69, 9.17) is 14.7 Å². The summed E-state index contributed by atoms with van der Waals surface area (Å²) in [6.07, 6.45) is 0. The molecule has 7 nitrogen and oxygen atoms in total. The highest BCUT2D eigenvalue weighted by atomic mass is 32.1. The molecule has 2 aromatic heterocycles. The van der Waals surface area contributed by atoms with Gasteiger partial charge in [-0.3, -0.25) is 4.90 Å². The monoisotopic (exact) mass is 443 g/mol. The number of piperazine rings is 1. The lowest BCUT2D eigenvalue weighted by atomic mass is 10.2. The SMILES string of the molecule is CN1CCN(Cc2cc3nc(-c4cc(O)ccc4F)nc(N4CCOCC4)c3s2)CC1. The number of halogens is 1. The van der Waals surface area contributed by atoms with Crippen molar-refractivity contribution in [1.29, 1.82) is 0 Å². The molecule has 0 unspecified atom stereocenters. The Bertz CT molecular complexity index is 1080. The highest BCUT2D eigenvalue weighted by Crippen LogP contribution is 2.36. The number of hydrogen-bond donors (Lipinski definition) is 1. The molecule has 5 rings (SSSR count). The molecule has 0 spiro atoms. The van der Waals surface area contributed by atoms with Gasteiger partial charge >= 0.3 is 0 Å². The minimum absolute atomic E-state index is 0.00547. The summed E-state index contributed by atoms with van der Waals surface area (Å²) < 4.78 is 21.1. The van der Waals surface area contributed by atoms with Crippen LogP contribution >= 0.6 is 11.3 Å². The molecule has 0 radical (unpaired) electrons. The summed E-state index contributed by atoms with van der Waals surface area (Å²) in [5, 5.41) is 9.88. The van der Waals surface area contributed by atoms with Gasteiger partial charge in [-0.1, -0.05) is 0 Å². The fourth-order valence-corrected chi connectivity index (χ4v) is 5.22. The van der Waals surface area contributed by atoms with Crippen LogP contribution in [0.2, 0.25) is 0 Å². The number of fused-ring (bicyclic) bond motifs is 1. The lowest BCUT2D eigenvalue weighted by molar-refractivity contribution is 0.122. The molecule has 3 aromatic rings. The summed E-state index contributed by atoms with van der Waals surface area (Å²) in [5.74, 6) is 0.666. The maximum Gasteiger partial charge on any atom is 0.165 e. The van der Waals surface area contributed by atoms with Crippen molar-refractivity contribution in [2.24, 2.45) is 0 Å². The highest BCUT2D eigenvalue weighted by molar-refractivity contribution is 7.19. The fraction of sp³-hybridized carbons (Fsp3) is 0.455. The molecule has 0 aliphatic carbocycles. The number of anilines is 1. The first kappa shape index (κ1) is 20.6. The molecule has 0 saturated carbocycles. The Balaban J connectivity index is 1.55. The van der Waals surface area contributed by atoms with Crippen LogP contribution in [0.3, 0.4) is 0 Å². The minimum Gasteiger partial charge on any atom is -0.508 e. The second-order valence-electron chi connectivity index (χ2n) is 8.14. The average Bonchev–Trinajstić information content (AvgIpc) is 3.19. The molecule has 1 N–H and O–H groups in total. The Hall–Kier alpha value is -2.33. The predicted molar refractivity (Wildman–Crippen MR) is 120 cm³/mol. The highest BCUT2D eigenvalue weighted by Gasteiger charge is 2.22. The Labute approximate surface area is 184 Å². The minimum atomic E-state index is -0.446. The van der Waals surface area contributed by atoms with Crippen LogP contribution in [0.15, 0.2) is 24.3 Å². The van der Waals surface area contributed by atoms with Gasteiger partial charge in [-0.05, 0) is 31.3 Å². The summed E-state index contributed by atoms with van der Waals surface area (Å²) in [4.78, 5) is 17.7. The summed E-state index contributed by atoms with van der Waals surface area (Å²) in [7, 11) is 2.16. The summed E-state index contributed by atoms with van der Waals surface area (Å²) in [6, 6.07) is 6.07. The number of hydrogen-bond acceptors (Lipinski definition) is 8. The molecule has 0 bridgehead atoms. The van der Waals surface area contributed by atoms with Crippen molar-refractivity contribution < 1.29 is 14.2 Å². The number of nitrogens with zero attached hydrogens (tertiary/aromatic N) is 5. The first-order valence-electron chi connectivity index (χ1n) is 10.6.